The van der Waals surface area contributed by atoms with Crippen LogP contribution in [0.5, 0.6) is 0 Å². The van der Waals surface area contributed by atoms with Gasteiger partial charge in [0.1, 0.15) is 6.61 Å². The molecule has 27 heavy (non-hydrogen) atoms. The quantitative estimate of drug-likeness (QED) is 0.656. The zero-order valence-electron chi connectivity index (χ0n) is 15.1. The van der Waals surface area contributed by atoms with E-state index in [9.17, 15) is 13.2 Å². The summed E-state index contributed by atoms with van der Waals surface area (Å²) in [5.41, 5.74) is 3.11. The minimum atomic E-state index is -3.72. The third-order valence-electron chi connectivity index (χ3n) is 3.80. The van der Waals surface area contributed by atoms with Crippen molar-refractivity contribution in [1.82, 2.24) is 4.98 Å². The first-order valence-corrected chi connectivity index (χ1v) is 10.4. The van der Waals surface area contributed by atoms with Crippen LogP contribution < -0.4 is 10.0 Å². The highest BCUT2D eigenvalue weighted by atomic mass is 32.2. The zero-order valence-corrected chi connectivity index (χ0v) is 16.7. The maximum atomic E-state index is 12.5. The Bertz CT molecular complexity index is 1090. The van der Waals surface area contributed by atoms with E-state index in [2.05, 4.69) is 15.0 Å². The van der Waals surface area contributed by atoms with Crippen LogP contribution in [0, 0.1) is 13.8 Å². The second-order valence-corrected chi connectivity index (χ2v) is 8.77. The molecule has 1 heterocycles. The van der Waals surface area contributed by atoms with E-state index in [1.165, 1.54) is 18.4 Å². The number of carbonyl (C=O) groups excluding carboxylic acids is 1. The maximum absolute atomic E-state index is 12.5. The van der Waals surface area contributed by atoms with Crippen LogP contribution in [-0.2, 0) is 19.6 Å². The fourth-order valence-corrected chi connectivity index (χ4v) is 4.75. The van der Waals surface area contributed by atoms with Gasteiger partial charge in [-0.15, -0.1) is 0 Å². The predicted octanol–water partition coefficient (Wildman–Crippen LogP) is 3.30. The first-order valence-electron chi connectivity index (χ1n) is 8.08. The molecule has 3 rings (SSSR count). The van der Waals surface area contributed by atoms with Gasteiger partial charge in [-0.3, -0.25) is 9.52 Å². The van der Waals surface area contributed by atoms with E-state index in [1.807, 2.05) is 13.8 Å². The molecule has 0 saturated heterocycles. The van der Waals surface area contributed by atoms with Gasteiger partial charge in [0.05, 0.1) is 15.1 Å². The largest absolute Gasteiger partial charge is 0.375 e. The standard InChI is InChI=1S/C18H19N3O4S2/c1-11-4-6-14(7-5-11)27(23,24)21-18-20-17-12(2)8-13(9-15(17)26-18)19-16(22)10-25-3/h4-9H,10H2,1-3H3,(H,19,22)(H,20,21). The smallest absolute Gasteiger partial charge is 0.263 e. The highest BCUT2D eigenvalue weighted by molar-refractivity contribution is 7.93. The number of rotatable bonds is 6. The van der Waals surface area contributed by atoms with Crippen molar-refractivity contribution in [2.75, 3.05) is 23.8 Å². The van der Waals surface area contributed by atoms with Crippen LogP contribution >= 0.6 is 11.3 Å². The molecule has 0 spiro atoms. The fourth-order valence-electron chi connectivity index (χ4n) is 2.53. The molecule has 0 radical (unpaired) electrons. The Kier molecular flexibility index (Phi) is 5.45. The summed E-state index contributed by atoms with van der Waals surface area (Å²) in [6.45, 7) is 3.71. The Morgan fingerprint density at radius 3 is 2.56 bits per heavy atom. The van der Waals surface area contributed by atoms with E-state index in [1.54, 1.807) is 36.4 Å². The van der Waals surface area contributed by atoms with Crippen molar-refractivity contribution in [2.45, 2.75) is 18.7 Å². The third-order valence-corrected chi connectivity index (χ3v) is 6.20. The first kappa shape index (κ1) is 19.3. The number of hydrogen-bond acceptors (Lipinski definition) is 6. The van der Waals surface area contributed by atoms with Crippen LogP contribution in [0.2, 0.25) is 0 Å². The number of nitrogens with one attached hydrogen (secondary N) is 2. The molecule has 0 aliphatic heterocycles. The summed E-state index contributed by atoms with van der Waals surface area (Å²) < 4.78 is 33.2. The molecular weight excluding hydrogens is 386 g/mol. The lowest BCUT2D eigenvalue weighted by atomic mass is 10.2. The van der Waals surface area contributed by atoms with Gasteiger partial charge in [0.2, 0.25) is 5.91 Å². The monoisotopic (exact) mass is 405 g/mol. The normalized spacial score (nSPS) is 11.5. The average Bonchev–Trinajstić information content (AvgIpc) is 2.97. The number of aryl methyl sites for hydroxylation is 2. The van der Waals surface area contributed by atoms with Gasteiger partial charge in [-0.25, -0.2) is 13.4 Å². The molecule has 142 valence electrons. The summed E-state index contributed by atoms with van der Waals surface area (Å²) in [6.07, 6.45) is 0. The predicted molar refractivity (Wildman–Crippen MR) is 107 cm³/mol. The van der Waals surface area contributed by atoms with Gasteiger partial charge in [0.25, 0.3) is 10.0 Å². The Hall–Kier alpha value is -2.49. The van der Waals surface area contributed by atoms with E-state index in [0.717, 1.165) is 15.8 Å². The van der Waals surface area contributed by atoms with Crippen LogP contribution in [0.3, 0.4) is 0 Å². The molecule has 0 aliphatic rings. The van der Waals surface area contributed by atoms with Crippen LogP contribution in [0.1, 0.15) is 11.1 Å². The first-order chi connectivity index (χ1) is 12.8. The van der Waals surface area contributed by atoms with Gasteiger partial charge < -0.3 is 10.1 Å². The molecule has 0 fully saturated rings. The minimum absolute atomic E-state index is 0.0403. The second kappa shape index (κ2) is 7.63. The van der Waals surface area contributed by atoms with Crippen LogP contribution in [-0.4, -0.2) is 33.0 Å². The second-order valence-electron chi connectivity index (χ2n) is 6.06. The van der Waals surface area contributed by atoms with Crippen LogP contribution in [0.15, 0.2) is 41.3 Å². The van der Waals surface area contributed by atoms with Gasteiger partial charge in [-0.2, -0.15) is 0 Å². The van der Waals surface area contributed by atoms with E-state index in [0.29, 0.717) is 11.2 Å². The Morgan fingerprint density at radius 1 is 1.19 bits per heavy atom. The van der Waals surface area contributed by atoms with Crippen molar-refractivity contribution in [1.29, 1.82) is 0 Å². The van der Waals surface area contributed by atoms with Gasteiger partial charge in [-0.05, 0) is 43.7 Å². The SMILES string of the molecule is COCC(=O)Nc1cc(C)c2nc(NS(=O)(=O)c3ccc(C)cc3)sc2c1. The van der Waals surface area contributed by atoms with E-state index in [-0.39, 0.29) is 22.5 Å². The summed E-state index contributed by atoms with van der Waals surface area (Å²) in [5.74, 6) is -0.263. The summed E-state index contributed by atoms with van der Waals surface area (Å²) >= 11 is 1.21. The minimum Gasteiger partial charge on any atom is -0.375 e. The third kappa shape index (κ3) is 4.44. The van der Waals surface area contributed by atoms with Crippen molar-refractivity contribution in [3.63, 3.8) is 0 Å². The zero-order chi connectivity index (χ0) is 19.6. The summed E-state index contributed by atoms with van der Waals surface area (Å²) in [5, 5.41) is 3.01. The molecule has 9 heteroatoms. The van der Waals surface area contributed by atoms with E-state index < -0.39 is 10.0 Å². The van der Waals surface area contributed by atoms with E-state index in [4.69, 9.17) is 4.74 Å². The Labute approximate surface area is 161 Å². The molecular formula is C18H19N3O4S2. The lowest BCUT2D eigenvalue weighted by Crippen LogP contribution is -2.17. The number of nitrogens with zero attached hydrogens (tertiary/aromatic N) is 1. The van der Waals surface area contributed by atoms with E-state index >= 15 is 0 Å². The van der Waals surface area contributed by atoms with Crippen molar-refractivity contribution >= 4 is 48.3 Å². The van der Waals surface area contributed by atoms with Gasteiger partial charge in [0, 0.05) is 12.8 Å². The van der Waals surface area contributed by atoms with Gasteiger partial charge in [0.15, 0.2) is 5.13 Å². The van der Waals surface area contributed by atoms with Crippen molar-refractivity contribution < 1.29 is 17.9 Å². The average molecular weight is 406 g/mol. The number of amides is 1. The number of fused-ring (bicyclic) bond motifs is 1. The molecule has 1 aromatic heterocycles. The molecule has 2 aromatic carbocycles. The Balaban J connectivity index is 1.89. The summed E-state index contributed by atoms with van der Waals surface area (Å²) in [6, 6.07) is 10.1. The number of carbonyl (C=O) groups is 1. The number of benzene rings is 2. The molecule has 2 N–H and O–H groups in total. The van der Waals surface area contributed by atoms with Crippen molar-refractivity contribution in [2.24, 2.45) is 0 Å². The lowest BCUT2D eigenvalue weighted by molar-refractivity contribution is -0.119. The summed E-state index contributed by atoms with van der Waals surface area (Å²) in [7, 11) is -2.27. The van der Waals surface area contributed by atoms with Crippen molar-refractivity contribution in [3.05, 3.63) is 47.5 Å². The molecule has 0 aliphatic carbocycles. The molecule has 1 amide bonds. The molecule has 0 atom stereocenters. The van der Waals surface area contributed by atoms with Crippen molar-refractivity contribution in [3.8, 4) is 0 Å². The highest BCUT2D eigenvalue weighted by Gasteiger charge is 2.17. The number of hydrogen-bond donors (Lipinski definition) is 2. The molecule has 0 bridgehead atoms. The molecule has 7 nitrogen and oxygen atoms in total. The number of ether oxygens (including phenoxy) is 1. The van der Waals surface area contributed by atoms with Crippen LogP contribution in [0.25, 0.3) is 10.2 Å². The number of methoxy groups -OCH3 is 1. The van der Waals surface area contributed by atoms with Gasteiger partial charge in [-0.1, -0.05) is 29.0 Å². The fraction of sp³-hybridized carbons (Fsp3) is 0.222. The topological polar surface area (TPSA) is 97.4 Å². The lowest BCUT2D eigenvalue weighted by Gasteiger charge is -2.05. The molecule has 3 aromatic rings. The Morgan fingerprint density at radius 2 is 1.89 bits per heavy atom. The number of thiazole rings is 1. The highest BCUT2D eigenvalue weighted by Crippen LogP contribution is 2.32. The van der Waals surface area contributed by atoms with Gasteiger partial charge >= 0.3 is 0 Å². The number of sulfonamides is 1. The van der Waals surface area contributed by atoms with Crippen LogP contribution in [0.4, 0.5) is 10.8 Å². The number of aromatic nitrogens is 1. The summed E-state index contributed by atoms with van der Waals surface area (Å²) in [4.78, 5) is 16.3. The molecule has 0 saturated carbocycles. The maximum Gasteiger partial charge on any atom is 0.263 e. The number of anilines is 2. The molecule has 0 unspecified atom stereocenters.